The molecule has 0 amide bonds. The predicted octanol–water partition coefficient (Wildman–Crippen LogP) is 8.57. The van der Waals surface area contributed by atoms with E-state index >= 15 is 0 Å². The van der Waals surface area contributed by atoms with Crippen LogP contribution in [-0.4, -0.2) is 51.3 Å². The van der Waals surface area contributed by atoms with E-state index in [0.29, 0.717) is 29.8 Å². The van der Waals surface area contributed by atoms with Gasteiger partial charge in [-0.2, -0.15) is 0 Å². The molecule has 9 nitrogen and oxygen atoms in total. The van der Waals surface area contributed by atoms with Crippen LogP contribution in [0, 0.1) is 19.3 Å². The van der Waals surface area contributed by atoms with Crippen molar-refractivity contribution in [3.05, 3.63) is 76.9 Å². The maximum absolute atomic E-state index is 13.0. The lowest BCUT2D eigenvalue weighted by Crippen LogP contribution is -2.39. The normalized spacial score (nSPS) is 17.0. The van der Waals surface area contributed by atoms with Crippen molar-refractivity contribution in [3.8, 4) is 11.1 Å². The van der Waals surface area contributed by atoms with Gasteiger partial charge in [0.15, 0.2) is 17.5 Å². The third-order valence-corrected chi connectivity index (χ3v) is 10.7. The summed E-state index contributed by atoms with van der Waals surface area (Å²) in [5, 5.41) is 11.6. The van der Waals surface area contributed by atoms with E-state index in [2.05, 4.69) is 51.8 Å². The highest BCUT2D eigenvalue weighted by molar-refractivity contribution is 6.05. The summed E-state index contributed by atoms with van der Waals surface area (Å²) in [5.74, 6) is -0.183. The number of hydrogen-bond acceptors (Lipinski definition) is 8. The second-order valence-corrected chi connectivity index (χ2v) is 15.1. The Labute approximate surface area is 288 Å². The Bertz CT molecular complexity index is 2060. The van der Waals surface area contributed by atoms with Crippen molar-refractivity contribution in [1.82, 2.24) is 15.0 Å². The minimum atomic E-state index is -1.14. The summed E-state index contributed by atoms with van der Waals surface area (Å²) in [7, 11) is 0. The summed E-state index contributed by atoms with van der Waals surface area (Å²) in [4.78, 5) is 31.9. The third-order valence-electron chi connectivity index (χ3n) is 10.7. The number of aromatic nitrogens is 3. The van der Waals surface area contributed by atoms with E-state index in [-0.39, 0.29) is 5.41 Å². The molecule has 1 atom stereocenters. The van der Waals surface area contributed by atoms with Gasteiger partial charge in [-0.15, -0.1) is 0 Å². The van der Waals surface area contributed by atoms with E-state index < -0.39 is 17.7 Å². The number of hydrogen-bond donors (Lipinski definition) is 1. The fourth-order valence-electron chi connectivity index (χ4n) is 7.43. The van der Waals surface area contributed by atoms with E-state index in [0.717, 1.165) is 83.7 Å². The van der Waals surface area contributed by atoms with E-state index in [1.165, 1.54) is 11.1 Å². The smallest absolute Gasteiger partial charge is 0.337 e. The van der Waals surface area contributed by atoms with Crippen LogP contribution < -0.4 is 9.80 Å². The molecule has 9 heteroatoms. The molecule has 3 aromatic heterocycles. The van der Waals surface area contributed by atoms with Crippen LogP contribution in [0.2, 0.25) is 0 Å². The molecule has 0 bridgehead atoms. The lowest BCUT2D eigenvalue weighted by Gasteiger charge is -2.41. The highest BCUT2D eigenvalue weighted by Crippen LogP contribution is 2.46. The summed E-state index contributed by atoms with van der Waals surface area (Å²) in [6, 6.07) is 14.6. The zero-order valence-electron chi connectivity index (χ0n) is 29.8. The monoisotopic (exact) mass is 661 g/mol. The van der Waals surface area contributed by atoms with Crippen molar-refractivity contribution in [1.29, 1.82) is 0 Å². The largest absolute Gasteiger partial charge is 0.479 e. The van der Waals surface area contributed by atoms with Gasteiger partial charge in [-0.3, -0.25) is 4.98 Å². The number of rotatable bonds is 8. The topological polar surface area (TPSA) is 105 Å². The van der Waals surface area contributed by atoms with Crippen molar-refractivity contribution in [2.45, 2.75) is 92.4 Å². The molecule has 7 rings (SSSR count). The summed E-state index contributed by atoms with van der Waals surface area (Å²) in [6.45, 7) is 17.7. The molecule has 2 aliphatic rings. The molecular weight excluding hydrogens is 614 g/mol. The first-order valence-corrected chi connectivity index (χ1v) is 17.5. The number of ether oxygens (including phenoxy) is 1. The first-order chi connectivity index (χ1) is 23.4. The van der Waals surface area contributed by atoms with Gasteiger partial charge in [0, 0.05) is 54.1 Å². The molecule has 1 fully saturated rings. The number of benzene rings is 2. The number of carboxylic acid groups (broad SMARTS) is 1. The van der Waals surface area contributed by atoms with Gasteiger partial charge in [0.2, 0.25) is 0 Å². The van der Waals surface area contributed by atoms with Gasteiger partial charge < -0.3 is 24.1 Å². The van der Waals surface area contributed by atoms with E-state index in [1.807, 2.05) is 58.9 Å². The number of furan rings is 1. The van der Waals surface area contributed by atoms with Gasteiger partial charge >= 0.3 is 5.97 Å². The van der Waals surface area contributed by atoms with Gasteiger partial charge in [-0.05, 0) is 87.6 Å². The number of anilines is 2. The number of aliphatic carboxylic acids is 1. The first-order valence-electron chi connectivity index (χ1n) is 17.5. The summed E-state index contributed by atoms with van der Waals surface area (Å²) in [6.07, 6.45) is 4.05. The van der Waals surface area contributed by atoms with Gasteiger partial charge in [-0.25, -0.2) is 14.8 Å². The molecule has 2 aliphatic heterocycles. The number of carboxylic acids is 1. The van der Waals surface area contributed by atoms with Gasteiger partial charge in [0.05, 0.1) is 11.3 Å². The average Bonchev–Trinajstić information content (AvgIpc) is 3.46. The number of fused-ring (bicyclic) bond motifs is 4. The lowest BCUT2D eigenvalue weighted by molar-refractivity contribution is -0.162. The van der Waals surface area contributed by atoms with Crippen molar-refractivity contribution < 1.29 is 19.1 Å². The molecule has 0 saturated carbocycles. The van der Waals surface area contributed by atoms with Crippen LogP contribution in [0.5, 0.6) is 0 Å². The maximum Gasteiger partial charge on any atom is 0.337 e. The van der Waals surface area contributed by atoms with Gasteiger partial charge in [0.25, 0.3) is 0 Å². The average molecular weight is 662 g/mol. The third kappa shape index (κ3) is 6.14. The summed E-state index contributed by atoms with van der Waals surface area (Å²) in [5.41, 5.74) is 9.74. The van der Waals surface area contributed by atoms with Crippen molar-refractivity contribution in [3.63, 3.8) is 0 Å². The van der Waals surface area contributed by atoms with Crippen LogP contribution in [0.4, 0.5) is 11.5 Å². The number of nitrogens with zero attached hydrogens (tertiary/aromatic N) is 5. The Morgan fingerprint density at radius 1 is 1.02 bits per heavy atom. The fraction of sp³-hybridized carbons (Fsp3) is 0.450. The second kappa shape index (κ2) is 12.4. The van der Waals surface area contributed by atoms with Crippen LogP contribution in [0.25, 0.3) is 33.2 Å². The predicted molar refractivity (Wildman–Crippen MR) is 194 cm³/mol. The molecule has 49 heavy (non-hydrogen) atoms. The minimum absolute atomic E-state index is 0.232. The molecule has 2 aromatic carbocycles. The van der Waals surface area contributed by atoms with Crippen LogP contribution in [-0.2, 0) is 22.5 Å². The Balaban J connectivity index is 1.30. The number of aryl methyl sites for hydroxylation is 2. The number of piperidine rings is 1. The lowest BCUT2D eigenvalue weighted by atomic mass is 9.81. The Morgan fingerprint density at radius 3 is 2.51 bits per heavy atom. The standard InChI is InChI=1S/C40H47N5O4/c1-8-40(6,7)49-35(38(46)47)32-25(3)43-24(2)31(34(32)44-19-16-39(4,5)17-20-44)27-13-14-28-22-45(18-15-26(28)21-27)37-36-33(41-23-42-37)29-11-9-10-12-30(29)48-36/h9-14,21,23,35H,8,15-20,22H2,1-7H3,(H,46,47)/t35-/m0/s1. The Hall–Kier alpha value is -4.50. The molecule has 1 saturated heterocycles. The molecule has 0 aliphatic carbocycles. The molecule has 256 valence electrons. The molecule has 0 spiro atoms. The second-order valence-electron chi connectivity index (χ2n) is 15.1. The Kier molecular flexibility index (Phi) is 8.38. The molecule has 5 aromatic rings. The maximum atomic E-state index is 13.0. The molecule has 0 unspecified atom stereocenters. The number of para-hydroxylation sites is 1. The summed E-state index contributed by atoms with van der Waals surface area (Å²) >= 11 is 0. The fourth-order valence-corrected chi connectivity index (χ4v) is 7.43. The Morgan fingerprint density at radius 2 is 1.78 bits per heavy atom. The van der Waals surface area contributed by atoms with Crippen LogP contribution in [0.3, 0.4) is 0 Å². The SMILES string of the molecule is CCC(C)(C)O[C@H](C(=O)O)c1c(C)nc(C)c(-c2ccc3c(c2)CCN(c2ncnc4c2oc2ccccc24)C3)c1N1CCC(C)(C)CC1. The highest BCUT2D eigenvalue weighted by atomic mass is 16.5. The molecule has 1 N–H and O–H groups in total. The summed E-state index contributed by atoms with van der Waals surface area (Å²) < 4.78 is 12.7. The van der Waals surface area contributed by atoms with Gasteiger partial charge in [0.1, 0.15) is 17.4 Å². The molecule has 0 radical (unpaired) electrons. The number of carbonyl (C=O) groups is 1. The van der Waals surface area contributed by atoms with E-state index in [1.54, 1.807) is 6.33 Å². The minimum Gasteiger partial charge on any atom is -0.479 e. The highest BCUT2D eigenvalue weighted by Gasteiger charge is 2.37. The zero-order chi connectivity index (χ0) is 34.7. The first kappa shape index (κ1) is 33.0. The van der Waals surface area contributed by atoms with E-state index in [9.17, 15) is 9.90 Å². The quantitative estimate of drug-likeness (QED) is 0.175. The van der Waals surface area contributed by atoms with Crippen molar-refractivity contribution in [2.24, 2.45) is 5.41 Å². The van der Waals surface area contributed by atoms with E-state index in [4.69, 9.17) is 14.1 Å². The number of pyridine rings is 1. The molecular formula is C40H47N5O4. The van der Waals surface area contributed by atoms with Crippen LogP contribution in [0.15, 0.2) is 53.2 Å². The van der Waals surface area contributed by atoms with Crippen LogP contribution >= 0.6 is 0 Å². The van der Waals surface area contributed by atoms with Crippen LogP contribution in [0.1, 0.15) is 88.1 Å². The van der Waals surface area contributed by atoms with Crippen molar-refractivity contribution in [2.75, 3.05) is 29.4 Å². The zero-order valence-corrected chi connectivity index (χ0v) is 29.8. The van der Waals surface area contributed by atoms with Crippen molar-refractivity contribution >= 4 is 39.5 Å². The molecule has 5 heterocycles. The van der Waals surface area contributed by atoms with Gasteiger partial charge in [-0.1, -0.05) is 51.1 Å².